The summed E-state index contributed by atoms with van der Waals surface area (Å²) in [5, 5.41) is 0. The molecule has 134 valence electrons. The molecule has 0 aliphatic rings. The number of rotatable bonds is 4. The topological polar surface area (TPSA) is 43.6 Å². The Labute approximate surface area is 161 Å². The van der Waals surface area contributed by atoms with Gasteiger partial charge in [0.25, 0.3) is 5.91 Å². The van der Waals surface area contributed by atoms with Crippen molar-refractivity contribution in [2.75, 3.05) is 0 Å². The number of nitrogens with zero attached hydrogens (tertiary/aromatic N) is 2. The highest BCUT2D eigenvalue weighted by molar-refractivity contribution is 7.16. The predicted octanol–water partition coefficient (Wildman–Crippen LogP) is 5.26. The number of thiazole rings is 1. The molecule has 3 aromatic carbocycles. The van der Waals surface area contributed by atoms with Crippen molar-refractivity contribution in [2.45, 2.75) is 13.5 Å². The lowest BCUT2D eigenvalue weighted by atomic mass is 10.2. The first kappa shape index (κ1) is 17.2. The van der Waals surface area contributed by atoms with E-state index in [9.17, 15) is 4.79 Å². The summed E-state index contributed by atoms with van der Waals surface area (Å²) >= 11 is 1.52. The second kappa shape index (κ2) is 7.60. The molecule has 0 radical (unpaired) electrons. The lowest BCUT2D eigenvalue weighted by Crippen LogP contribution is -2.16. The van der Waals surface area contributed by atoms with Crippen LogP contribution in [0.2, 0.25) is 0 Å². The van der Waals surface area contributed by atoms with Gasteiger partial charge in [-0.05, 0) is 43.3 Å². The van der Waals surface area contributed by atoms with Crippen LogP contribution in [-0.4, -0.2) is 10.5 Å². The zero-order valence-corrected chi connectivity index (χ0v) is 15.6. The van der Waals surface area contributed by atoms with E-state index in [1.54, 1.807) is 12.1 Å². The lowest BCUT2D eigenvalue weighted by Gasteiger charge is -2.08. The van der Waals surface area contributed by atoms with E-state index in [0.29, 0.717) is 21.9 Å². The van der Waals surface area contributed by atoms with Crippen molar-refractivity contribution < 1.29 is 9.53 Å². The molecule has 1 amide bonds. The number of hydrogen-bond acceptors (Lipinski definition) is 3. The first-order chi connectivity index (χ1) is 13.3. The van der Waals surface area contributed by atoms with Gasteiger partial charge in [0.05, 0.1) is 15.8 Å². The van der Waals surface area contributed by atoms with Crippen LogP contribution in [0.1, 0.15) is 17.3 Å². The Balaban J connectivity index is 1.75. The lowest BCUT2D eigenvalue weighted by molar-refractivity contribution is 0.0995. The number of ether oxygens (including phenoxy) is 1. The van der Waals surface area contributed by atoms with Crippen molar-refractivity contribution in [1.82, 2.24) is 4.57 Å². The number of benzene rings is 3. The maximum atomic E-state index is 12.9. The fourth-order valence-corrected chi connectivity index (χ4v) is 4.00. The Hall–Kier alpha value is -3.18. The van der Waals surface area contributed by atoms with Crippen LogP contribution in [0.25, 0.3) is 10.2 Å². The summed E-state index contributed by atoms with van der Waals surface area (Å²) < 4.78 is 9.06. The molecule has 0 aliphatic carbocycles. The molecular weight excluding hydrogens is 356 g/mol. The molecule has 4 rings (SSSR count). The van der Waals surface area contributed by atoms with E-state index < -0.39 is 0 Å². The molecule has 1 aromatic heterocycles. The standard InChI is InChI=1S/C22H18N2O2S/c1-2-24-18-13-7-9-15-20(18)27-22(24)23-21(25)17-12-6-8-14-19(17)26-16-10-4-3-5-11-16/h3-15H,2H2,1H3. The van der Waals surface area contributed by atoms with Crippen molar-refractivity contribution in [3.63, 3.8) is 0 Å². The minimum Gasteiger partial charge on any atom is -0.457 e. The first-order valence-corrected chi connectivity index (χ1v) is 9.57. The number of carbonyl (C=O) groups excluding carboxylic acids is 1. The summed E-state index contributed by atoms with van der Waals surface area (Å²) in [6.45, 7) is 2.80. The van der Waals surface area contributed by atoms with Gasteiger partial charge < -0.3 is 9.30 Å². The number of fused-ring (bicyclic) bond motifs is 1. The van der Waals surface area contributed by atoms with Crippen molar-refractivity contribution in [3.05, 3.63) is 89.2 Å². The number of aromatic nitrogens is 1. The molecule has 0 aliphatic heterocycles. The first-order valence-electron chi connectivity index (χ1n) is 8.75. The summed E-state index contributed by atoms with van der Waals surface area (Å²) in [6, 6.07) is 24.7. The normalized spacial score (nSPS) is 11.7. The fourth-order valence-electron chi connectivity index (χ4n) is 2.91. The number of amides is 1. The second-order valence-corrected chi connectivity index (χ2v) is 6.93. The zero-order chi connectivity index (χ0) is 18.6. The summed E-state index contributed by atoms with van der Waals surface area (Å²) in [6.07, 6.45) is 0. The van der Waals surface area contributed by atoms with Gasteiger partial charge in [-0.3, -0.25) is 4.79 Å². The van der Waals surface area contributed by atoms with Crippen LogP contribution in [0.3, 0.4) is 0 Å². The molecule has 0 bridgehead atoms. The second-order valence-electron chi connectivity index (χ2n) is 5.92. The molecule has 0 atom stereocenters. The molecule has 0 saturated carbocycles. The molecule has 1 heterocycles. The minimum atomic E-state index is -0.310. The molecule has 4 aromatic rings. The molecule has 0 saturated heterocycles. The van der Waals surface area contributed by atoms with E-state index in [4.69, 9.17) is 4.74 Å². The van der Waals surface area contributed by atoms with Gasteiger partial charge in [0.15, 0.2) is 4.80 Å². The molecule has 0 spiro atoms. The molecule has 0 fully saturated rings. The third kappa shape index (κ3) is 3.55. The smallest absolute Gasteiger partial charge is 0.283 e. The van der Waals surface area contributed by atoms with E-state index in [1.165, 1.54) is 11.3 Å². The van der Waals surface area contributed by atoms with Crippen LogP contribution >= 0.6 is 11.3 Å². The van der Waals surface area contributed by atoms with Crippen molar-refractivity contribution in [3.8, 4) is 11.5 Å². The van der Waals surface area contributed by atoms with Crippen LogP contribution in [0, 0.1) is 0 Å². The maximum absolute atomic E-state index is 12.9. The molecule has 0 N–H and O–H groups in total. The Morgan fingerprint density at radius 3 is 2.48 bits per heavy atom. The van der Waals surface area contributed by atoms with E-state index in [0.717, 1.165) is 16.8 Å². The van der Waals surface area contributed by atoms with Crippen LogP contribution in [0.15, 0.2) is 83.9 Å². The summed E-state index contributed by atoms with van der Waals surface area (Å²) in [5.41, 5.74) is 1.53. The third-order valence-corrected chi connectivity index (χ3v) is 5.25. The maximum Gasteiger partial charge on any atom is 0.283 e. The summed E-state index contributed by atoms with van der Waals surface area (Å²) in [5.74, 6) is 0.875. The summed E-state index contributed by atoms with van der Waals surface area (Å²) in [4.78, 5) is 18.0. The van der Waals surface area contributed by atoms with E-state index in [2.05, 4.69) is 16.5 Å². The average molecular weight is 374 g/mol. The van der Waals surface area contributed by atoms with Gasteiger partial charge in [-0.25, -0.2) is 0 Å². The largest absolute Gasteiger partial charge is 0.457 e. The Morgan fingerprint density at radius 1 is 0.963 bits per heavy atom. The monoisotopic (exact) mass is 374 g/mol. The van der Waals surface area contributed by atoms with Gasteiger partial charge in [-0.15, -0.1) is 0 Å². The Morgan fingerprint density at radius 2 is 1.67 bits per heavy atom. The number of hydrogen-bond donors (Lipinski definition) is 0. The van der Waals surface area contributed by atoms with Crippen molar-refractivity contribution in [1.29, 1.82) is 0 Å². The third-order valence-electron chi connectivity index (χ3n) is 4.19. The van der Waals surface area contributed by atoms with Gasteiger partial charge in [0.1, 0.15) is 11.5 Å². The predicted molar refractivity (Wildman–Crippen MR) is 108 cm³/mol. The van der Waals surface area contributed by atoms with Crippen LogP contribution in [0.5, 0.6) is 11.5 Å². The van der Waals surface area contributed by atoms with E-state index in [-0.39, 0.29) is 5.91 Å². The highest BCUT2D eigenvalue weighted by atomic mass is 32.1. The highest BCUT2D eigenvalue weighted by Crippen LogP contribution is 2.25. The van der Waals surface area contributed by atoms with Crippen molar-refractivity contribution in [2.24, 2.45) is 4.99 Å². The molecule has 0 unspecified atom stereocenters. The minimum absolute atomic E-state index is 0.310. The molecule has 4 nitrogen and oxygen atoms in total. The Kier molecular flexibility index (Phi) is 4.85. The number of carbonyl (C=O) groups is 1. The van der Waals surface area contributed by atoms with Gasteiger partial charge in [-0.1, -0.05) is 53.8 Å². The SMILES string of the molecule is CCn1c(=NC(=O)c2ccccc2Oc2ccccc2)sc2ccccc21. The molecular formula is C22H18N2O2S. The van der Waals surface area contributed by atoms with Gasteiger partial charge in [0, 0.05) is 6.54 Å². The number of aryl methyl sites for hydroxylation is 1. The van der Waals surface area contributed by atoms with Gasteiger partial charge >= 0.3 is 0 Å². The van der Waals surface area contributed by atoms with Gasteiger partial charge in [0.2, 0.25) is 0 Å². The van der Waals surface area contributed by atoms with Crippen LogP contribution in [0.4, 0.5) is 0 Å². The highest BCUT2D eigenvalue weighted by Gasteiger charge is 2.13. The van der Waals surface area contributed by atoms with E-state index >= 15 is 0 Å². The molecule has 27 heavy (non-hydrogen) atoms. The van der Waals surface area contributed by atoms with E-state index in [1.807, 2.05) is 66.7 Å². The van der Waals surface area contributed by atoms with Crippen LogP contribution in [-0.2, 0) is 6.54 Å². The van der Waals surface area contributed by atoms with Crippen molar-refractivity contribution >= 4 is 27.5 Å². The quantitative estimate of drug-likeness (QED) is 0.489. The summed E-state index contributed by atoms with van der Waals surface area (Å²) in [7, 11) is 0. The molecule has 5 heteroatoms. The zero-order valence-electron chi connectivity index (χ0n) is 14.8. The van der Waals surface area contributed by atoms with Crippen LogP contribution < -0.4 is 9.54 Å². The van der Waals surface area contributed by atoms with Gasteiger partial charge in [-0.2, -0.15) is 4.99 Å². The number of para-hydroxylation sites is 3. The Bertz CT molecular complexity index is 1160. The fraction of sp³-hybridized carbons (Fsp3) is 0.0909. The average Bonchev–Trinajstić information content (AvgIpc) is 3.06.